The second-order valence-corrected chi connectivity index (χ2v) is 5.39. The van der Waals surface area contributed by atoms with E-state index in [4.69, 9.17) is 0 Å². The molecule has 0 aliphatic carbocycles. The van der Waals surface area contributed by atoms with Gasteiger partial charge in [-0.05, 0) is 49.1 Å². The quantitative estimate of drug-likeness (QED) is 0.795. The lowest BCUT2D eigenvalue weighted by atomic mass is 10.2. The number of amides is 1. The summed E-state index contributed by atoms with van der Waals surface area (Å²) in [7, 11) is 0. The zero-order valence-corrected chi connectivity index (χ0v) is 13.0. The first-order chi connectivity index (χ1) is 10.2. The molecule has 110 valence electrons. The molecule has 0 spiro atoms. The summed E-state index contributed by atoms with van der Waals surface area (Å²) in [6, 6.07) is 11.3. The minimum atomic E-state index is -0.154. The highest BCUT2D eigenvalue weighted by molar-refractivity contribution is 7.98. The highest BCUT2D eigenvalue weighted by Crippen LogP contribution is 2.19. The first-order valence-electron chi connectivity index (χ1n) is 6.89. The van der Waals surface area contributed by atoms with Gasteiger partial charge in [0.05, 0.1) is 5.56 Å². The molecule has 2 rings (SSSR count). The maximum Gasteiger partial charge on any atom is 0.259 e. The molecule has 1 aromatic heterocycles. The van der Waals surface area contributed by atoms with Crippen LogP contribution in [0.2, 0.25) is 0 Å². The van der Waals surface area contributed by atoms with Gasteiger partial charge < -0.3 is 10.6 Å². The summed E-state index contributed by atoms with van der Waals surface area (Å²) in [5.41, 5.74) is 1.34. The van der Waals surface area contributed by atoms with Gasteiger partial charge in [0.25, 0.3) is 5.91 Å². The van der Waals surface area contributed by atoms with Crippen LogP contribution in [-0.4, -0.2) is 23.7 Å². The summed E-state index contributed by atoms with van der Waals surface area (Å²) in [4.78, 5) is 17.8. The number of nitrogens with one attached hydrogen (secondary N) is 2. The molecule has 21 heavy (non-hydrogen) atoms. The molecule has 0 fully saturated rings. The fourth-order valence-electron chi connectivity index (χ4n) is 1.85. The van der Waals surface area contributed by atoms with Crippen LogP contribution in [-0.2, 0) is 0 Å². The highest BCUT2D eigenvalue weighted by atomic mass is 32.2. The van der Waals surface area contributed by atoms with Gasteiger partial charge in [-0.2, -0.15) is 0 Å². The van der Waals surface area contributed by atoms with E-state index in [1.165, 1.54) is 4.90 Å². The van der Waals surface area contributed by atoms with Gasteiger partial charge >= 0.3 is 0 Å². The number of thioether (sulfide) groups is 1. The molecule has 0 saturated carbocycles. The number of anilines is 2. The smallest absolute Gasteiger partial charge is 0.259 e. The second kappa shape index (κ2) is 7.69. The van der Waals surface area contributed by atoms with Crippen LogP contribution in [0.1, 0.15) is 23.7 Å². The van der Waals surface area contributed by atoms with Gasteiger partial charge in [0, 0.05) is 23.3 Å². The topological polar surface area (TPSA) is 54.0 Å². The SMILES string of the molecule is CCCNc1ncccc1C(=O)Nc1ccc(SC)cc1. The summed E-state index contributed by atoms with van der Waals surface area (Å²) < 4.78 is 0. The van der Waals surface area contributed by atoms with Crippen LogP contribution in [0.3, 0.4) is 0 Å². The van der Waals surface area contributed by atoms with E-state index < -0.39 is 0 Å². The van der Waals surface area contributed by atoms with E-state index in [0.717, 1.165) is 18.7 Å². The minimum absolute atomic E-state index is 0.154. The van der Waals surface area contributed by atoms with Gasteiger partial charge in [0.15, 0.2) is 0 Å². The van der Waals surface area contributed by atoms with Crippen molar-refractivity contribution in [1.29, 1.82) is 0 Å². The summed E-state index contributed by atoms with van der Waals surface area (Å²) >= 11 is 1.67. The molecule has 4 nitrogen and oxygen atoms in total. The largest absolute Gasteiger partial charge is 0.369 e. The van der Waals surface area contributed by atoms with Gasteiger partial charge in [0.2, 0.25) is 0 Å². The molecular weight excluding hydrogens is 282 g/mol. The first kappa shape index (κ1) is 15.4. The van der Waals surface area contributed by atoms with E-state index >= 15 is 0 Å². The van der Waals surface area contributed by atoms with Gasteiger partial charge in [-0.15, -0.1) is 11.8 Å². The molecule has 0 saturated heterocycles. The Labute approximate surface area is 129 Å². The molecule has 2 N–H and O–H groups in total. The van der Waals surface area contributed by atoms with Gasteiger partial charge in [-0.25, -0.2) is 4.98 Å². The molecule has 0 unspecified atom stereocenters. The Balaban J connectivity index is 2.12. The highest BCUT2D eigenvalue weighted by Gasteiger charge is 2.12. The molecule has 1 heterocycles. The first-order valence-corrected chi connectivity index (χ1v) is 8.11. The number of benzene rings is 1. The van der Waals surface area contributed by atoms with Crippen molar-refractivity contribution in [2.45, 2.75) is 18.2 Å². The Kier molecular flexibility index (Phi) is 5.63. The molecule has 2 aromatic rings. The van der Waals surface area contributed by atoms with Crippen LogP contribution in [0, 0.1) is 0 Å². The van der Waals surface area contributed by atoms with Crippen LogP contribution in [0.5, 0.6) is 0 Å². The molecule has 0 aliphatic rings. The normalized spacial score (nSPS) is 10.2. The van der Waals surface area contributed by atoms with Gasteiger partial charge in [0.1, 0.15) is 5.82 Å². The molecule has 1 amide bonds. The summed E-state index contributed by atoms with van der Waals surface area (Å²) in [5.74, 6) is 0.469. The summed E-state index contributed by atoms with van der Waals surface area (Å²) in [6.45, 7) is 2.86. The minimum Gasteiger partial charge on any atom is -0.369 e. The number of aromatic nitrogens is 1. The lowest BCUT2D eigenvalue weighted by Crippen LogP contribution is -2.16. The van der Waals surface area contributed by atoms with E-state index in [1.807, 2.05) is 30.5 Å². The number of hydrogen-bond acceptors (Lipinski definition) is 4. The fraction of sp³-hybridized carbons (Fsp3) is 0.250. The van der Waals surface area contributed by atoms with E-state index in [1.54, 1.807) is 30.1 Å². The van der Waals surface area contributed by atoms with E-state index in [9.17, 15) is 4.79 Å². The van der Waals surface area contributed by atoms with Crippen molar-refractivity contribution in [3.8, 4) is 0 Å². The van der Waals surface area contributed by atoms with Crippen LogP contribution in [0.15, 0.2) is 47.5 Å². The van der Waals surface area contributed by atoms with Crippen molar-refractivity contribution in [1.82, 2.24) is 4.98 Å². The Morgan fingerprint density at radius 1 is 1.24 bits per heavy atom. The van der Waals surface area contributed by atoms with Gasteiger partial charge in [-0.1, -0.05) is 6.92 Å². The molecular formula is C16H19N3OS. The third-order valence-electron chi connectivity index (χ3n) is 2.94. The van der Waals surface area contributed by atoms with Crippen LogP contribution < -0.4 is 10.6 Å². The fourth-order valence-corrected chi connectivity index (χ4v) is 2.25. The van der Waals surface area contributed by atoms with Crippen molar-refractivity contribution >= 4 is 29.2 Å². The molecule has 5 heteroatoms. The molecule has 0 radical (unpaired) electrons. The van der Waals surface area contributed by atoms with Crippen LogP contribution >= 0.6 is 11.8 Å². The third-order valence-corrected chi connectivity index (χ3v) is 3.69. The summed E-state index contributed by atoms with van der Waals surface area (Å²) in [5, 5.41) is 6.07. The van der Waals surface area contributed by atoms with Crippen LogP contribution in [0.25, 0.3) is 0 Å². The van der Waals surface area contributed by atoms with E-state index in [-0.39, 0.29) is 5.91 Å². The zero-order valence-electron chi connectivity index (χ0n) is 12.2. The Morgan fingerprint density at radius 2 is 2.00 bits per heavy atom. The predicted molar refractivity (Wildman–Crippen MR) is 89.2 cm³/mol. The number of pyridine rings is 1. The Bertz CT molecular complexity index is 599. The molecule has 0 aliphatic heterocycles. The summed E-state index contributed by atoms with van der Waals surface area (Å²) in [6.07, 6.45) is 4.69. The second-order valence-electron chi connectivity index (χ2n) is 4.51. The van der Waals surface area contributed by atoms with Crippen LogP contribution in [0.4, 0.5) is 11.5 Å². The van der Waals surface area contributed by atoms with E-state index in [0.29, 0.717) is 11.4 Å². The maximum atomic E-state index is 12.4. The Morgan fingerprint density at radius 3 is 2.67 bits per heavy atom. The predicted octanol–water partition coefficient (Wildman–Crippen LogP) is 3.88. The number of nitrogens with zero attached hydrogens (tertiary/aromatic N) is 1. The molecule has 0 atom stereocenters. The zero-order chi connectivity index (χ0) is 15.1. The monoisotopic (exact) mass is 301 g/mol. The lowest BCUT2D eigenvalue weighted by Gasteiger charge is -2.10. The van der Waals surface area contributed by atoms with Gasteiger partial charge in [-0.3, -0.25) is 4.79 Å². The maximum absolute atomic E-state index is 12.4. The van der Waals surface area contributed by atoms with Crippen molar-refractivity contribution in [3.63, 3.8) is 0 Å². The molecule has 1 aromatic carbocycles. The Hall–Kier alpha value is -2.01. The number of rotatable bonds is 6. The average Bonchev–Trinajstić information content (AvgIpc) is 2.54. The van der Waals surface area contributed by atoms with Crippen molar-refractivity contribution in [2.24, 2.45) is 0 Å². The standard InChI is InChI=1S/C16H19N3OS/c1-3-10-17-15-14(5-4-11-18-15)16(20)19-12-6-8-13(21-2)9-7-12/h4-9,11H,3,10H2,1-2H3,(H,17,18)(H,19,20). The van der Waals surface area contributed by atoms with Crippen molar-refractivity contribution in [3.05, 3.63) is 48.2 Å². The van der Waals surface area contributed by atoms with Crippen molar-refractivity contribution in [2.75, 3.05) is 23.4 Å². The number of carbonyl (C=O) groups is 1. The van der Waals surface area contributed by atoms with Crippen molar-refractivity contribution < 1.29 is 4.79 Å². The lowest BCUT2D eigenvalue weighted by molar-refractivity contribution is 0.102. The number of carbonyl (C=O) groups excluding carboxylic acids is 1. The third kappa shape index (κ3) is 4.23. The number of hydrogen-bond donors (Lipinski definition) is 2. The van der Waals surface area contributed by atoms with E-state index in [2.05, 4.69) is 22.5 Å². The average molecular weight is 301 g/mol. The molecule has 0 bridgehead atoms.